The maximum atomic E-state index is 13.0. The summed E-state index contributed by atoms with van der Waals surface area (Å²) in [7, 11) is 0. The van der Waals surface area contributed by atoms with Gasteiger partial charge in [-0.25, -0.2) is 9.97 Å². The summed E-state index contributed by atoms with van der Waals surface area (Å²) in [5, 5.41) is 0.654. The van der Waals surface area contributed by atoms with Gasteiger partial charge in [-0.3, -0.25) is 4.79 Å². The lowest BCUT2D eigenvalue weighted by Gasteiger charge is -2.44. The monoisotopic (exact) mass is 421 g/mol. The standard InChI is InChI=1S/C24H24ClN3O2/c1-14-12-20-21(15(2)22(14)25)19(29)13-24(30-20)8-10-28(11-9-24)23-16(3)26-17-6-4-5-7-18(17)27-23/h4-7,12H,8-11,13H2,1-3H3. The Morgan fingerprint density at radius 3 is 2.43 bits per heavy atom. The van der Waals surface area contributed by atoms with E-state index in [4.69, 9.17) is 26.3 Å². The molecule has 0 radical (unpaired) electrons. The fraction of sp³-hybridized carbons (Fsp3) is 0.375. The summed E-state index contributed by atoms with van der Waals surface area (Å²) in [6.07, 6.45) is 1.94. The molecule has 0 saturated carbocycles. The fourth-order valence-corrected chi connectivity index (χ4v) is 4.93. The molecule has 0 amide bonds. The number of fused-ring (bicyclic) bond motifs is 2. The number of hydrogen-bond donors (Lipinski definition) is 0. The minimum absolute atomic E-state index is 0.130. The molecule has 3 aromatic rings. The van der Waals surface area contributed by atoms with Crippen LogP contribution in [0.5, 0.6) is 5.75 Å². The highest BCUT2D eigenvalue weighted by atomic mass is 35.5. The molecule has 30 heavy (non-hydrogen) atoms. The lowest BCUT2D eigenvalue weighted by Crippen LogP contribution is -2.51. The highest BCUT2D eigenvalue weighted by Gasteiger charge is 2.44. The summed E-state index contributed by atoms with van der Waals surface area (Å²) in [6, 6.07) is 9.85. The molecule has 5 rings (SSSR count). The molecule has 1 aromatic heterocycles. The van der Waals surface area contributed by atoms with Crippen molar-refractivity contribution in [2.45, 2.75) is 45.6 Å². The number of para-hydroxylation sites is 2. The number of halogens is 1. The zero-order valence-electron chi connectivity index (χ0n) is 17.5. The third-order valence-corrected chi connectivity index (χ3v) is 7.01. The van der Waals surface area contributed by atoms with Gasteiger partial charge in [0, 0.05) is 31.0 Å². The molecule has 2 aliphatic heterocycles. The van der Waals surface area contributed by atoms with Gasteiger partial charge in [0.15, 0.2) is 11.6 Å². The SMILES string of the molecule is Cc1cc2c(c(C)c1Cl)C(=O)CC1(CCN(c3nc4ccccc4nc3C)CC1)O2. The molecule has 1 spiro atoms. The number of nitrogens with zero attached hydrogens (tertiary/aromatic N) is 3. The highest BCUT2D eigenvalue weighted by Crippen LogP contribution is 2.43. The Labute approximate surface area is 181 Å². The van der Waals surface area contributed by atoms with Crippen LogP contribution in [0.4, 0.5) is 5.82 Å². The number of hydrogen-bond acceptors (Lipinski definition) is 5. The minimum atomic E-state index is -0.453. The van der Waals surface area contributed by atoms with Crippen molar-refractivity contribution in [3.8, 4) is 5.75 Å². The van der Waals surface area contributed by atoms with E-state index in [1.165, 1.54) is 0 Å². The minimum Gasteiger partial charge on any atom is -0.486 e. The first kappa shape index (κ1) is 19.3. The number of ketones is 1. The topological polar surface area (TPSA) is 55.3 Å². The Balaban J connectivity index is 1.41. The molecule has 0 bridgehead atoms. The van der Waals surface area contributed by atoms with Crippen LogP contribution in [0.3, 0.4) is 0 Å². The van der Waals surface area contributed by atoms with Crippen molar-refractivity contribution >= 4 is 34.2 Å². The second kappa shape index (κ2) is 6.95. The lowest BCUT2D eigenvalue weighted by molar-refractivity contribution is 0.0229. The van der Waals surface area contributed by atoms with Gasteiger partial charge in [0.2, 0.25) is 0 Å². The summed E-state index contributed by atoms with van der Waals surface area (Å²) in [6.45, 7) is 7.42. The maximum absolute atomic E-state index is 13.0. The van der Waals surface area contributed by atoms with Gasteiger partial charge in [-0.1, -0.05) is 23.7 Å². The number of Topliss-reactive ketones (excluding diaryl/α,β-unsaturated/α-hetero) is 1. The molecule has 5 nitrogen and oxygen atoms in total. The van der Waals surface area contributed by atoms with E-state index in [2.05, 4.69) is 4.90 Å². The number of aryl methyl sites for hydroxylation is 2. The molecule has 0 unspecified atom stereocenters. The van der Waals surface area contributed by atoms with Gasteiger partial charge in [-0.15, -0.1) is 0 Å². The van der Waals surface area contributed by atoms with E-state index in [1.807, 2.05) is 51.1 Å². The summed E-state index contributed by atoms with van der Waals surface area (Å²) in [5.74, 6) is 1.73. The quantitative estimate of drug-likeness (QED) is 0.539. The normalized spacial score (nSPS) is 17.9. The molecule has 1 fully saturated rings. The Morgan fingerprint density at radius 2 is 1.73 bits per heavy atom. The van der Waals surface area contributed by atoms with Gasteiger partial charge in [0.25, 0.3) is 0 Å². The number of anilines is 1. The predicted octanol–water partition coefficient (Wildman–Crippen LogP) is 5.21. The van der Waals surface area contributed by atoms with Crippen LogP contribution in [0.25, 0.3) is 11.0 Å². The van der Waals surface area contributed by atoms with Crippen molar-refractivity contribution < 1.29 is 9.53 Å². The third-order valence-electron chi connectivity index (χ3n) is 6.43. The van der Waals surface area contributed by atoms with Crippen LogP contribution in [0, 0.1) is 20.8 Å². The fourth-order valence-electron chi connectivity index (χ4n) is 4.78. The molecule has 3 heterocycles. The molecule has 6 heteroatoms. The first-order valence-corrected chi connectivity index (χ1v) is 10.7. The molecular weight excluding hydrogens is 398 g/mol. The number of piperidine rings is 1. The first-order valence-electron chi connectivity index (χ1n) is 10.4. The molecule has 2 aromatic carbocycles. The highest BCUT2D eigenvalue weighted by molar-refractivity contribution is 6.32. The summed E-state index contributed by atoms with van der Waals surface area (Å²) >= 11 is 6.37. The van der Waals surface area contributed by atoms with Crippen molar-refractivity contribution in [2.24, 2.45) is 0 Å². The summed E-state index contributed by atoms with van der Waals surface area (Å²) in [4.78, 5) is 24.9. The van der Waals surface area contributed by atoms with E-state index >= 15 is 0 Å². The zero-order valence-corrected chi connectivity index (χ0v) is 18.2. The second-order valence-corrected chi connectivity index (χ2v) is 8.88. The Morgan fingerprint density at radius 1 is 1.07 bits per heavy atom. The largest absolute Gasteiger partial charge is 0.486 e. The van der Waals surface area contributed by atoms with Crippen molar-refractivity contribution in [2.75, 3.05) is 18.0 Å². The van der Waals surface area contributed by atoms with Gasteiger partial charge < -0.3 is 9.64 Å². The van der Waals surface area contributed by atoms with Gasteiger partial charge in [0.05, 0.1) is 28.7 Å². The van der Waals surface area contributed by atoms with E-state index in [1.54, 1.807) is 0 Å². The van der Waals surface area contributed by atoms with Crippen LogP contribution >= 0.6 is 11.6 Å². The lowest BCUT2D eigenvalue weighted by atomic mass is 9.81. The van der Waals surface area contributed by atoms with Crippen LogP contribution in [0.2, 0.25) is 5.02 Å². The van der Waals surface area contributed by atoms with E-state index in [9.17, 15) is 4.79 Å². The predicted molar refractivity (Wildman–Crippen MR) is 119 cm³/mol. The number of aromatic nitrogens is 2. The molecule has 0 N–H and O–H groups in total. The first-order chi connectivity index (χ1) is 14.4. The zero-order chi connectivity index (χ0) is 21.0. The average molecular weight is 422 g/mol. The summed E-state index contributed by atoms with van der Waals surface area (Å²) < 4.78 is 6.49. The molecule has 0 atom stereocenters. The molecule has 1 saturated heterocycles. The van der Waals surface area contributed by atoms with E-state index in [0.717, 1.165) is 59.6 Å². The van der Waals surface area contributed by atoms with Gasteiger partial charge in [-0.05, 0) is 50.1 Å². The summed E-state index contributed by atoms with van der Waals surface area (Å²) in [5.41, 5.74) is 4.70. The van der Waals surface area contributed by atoms with Crippen molar-refractivity contribution in [1.82, 2.24) is 9.97 Å². The number of carbonyl (C=O) groups excluding carboxylic acids is 1. The van der Waals surface area contributed by atoms with E-state index < -0.39 is 5.60 Å². The van der Waals surface area contributed by atoms with Crippen LogP contribution in [-0.2, 0) is 0 Å². The molecular formula is C24H24ClN3O2. The molecule has 154 valence electrons. The smallest absolute Gasteiger partial charge is 0.170 e. The average Bonchev–Trinajstić information content (AvgIpc) is 2.72. The van der Waals surface area contributed by atoms with Gasteiger partial charge >= 0.3 is 0 Å². The molecule has 2 aliphatic rings. The van der Waals surface area contributed by atoms with Gasteiger partial charge in [-0.2, -0.15) is 0 Å². The molecule has 0 aliphatic carbocycles. The maximum Gasteiger partial charge on any atom is 0.170 e. The van der Waals surface area contributed by atoms with Crippen LogP contribution in [0.1, 0.15) is 46.4 Å². The van der Waals surface area contributed by atoms with E-state index in [0.29, 0.717) is 22.8 Å². The van der Waals surface area contributed by atoms with E-state index in [-0.39, 0.29) is 5.78 Å². The van der Waals surface area contributed by atoms with Crippen LogP contribution < -0.4 is 9.64 Å². The van der Waals surface area contributed by atoms with Gasteiger partial charge in [0.1, 0.15) is 11.4 Å². The van der Waals surface area contributed by atoms with Crippen LogP contribution in [0.15, 0.2) is 30.3 Å². The van der Waals surface area contributed by atoms with Crippen molar-refractivity contribution in [3.63, 3.8) is 0 Å². The Bertz CT molecular complexity index is 1180. The number of carbonyl (C=O) groups is 1. The number of rotatable bonds is 1. The third kappa shape index (κ3) is 3.03. The number of ether oxygens (including phenoxy) is 1. The van der Waals surface area contributed by atoms with Crippen LogP contribution in [-0.4, -0.2) is 34.4 Å². The van der Waals surface area contributed by atoms with Crippen molar-refractivity contribution in [3.05, 3.63) is 57.7 Å². The number of benzene rings is 2. The van der Waals surface area contributed by atoms with Crippen molar-refractivity contribution in [1.29, 1.82) is 0 Å². The second-order valence-electron chi connectivity index (χ2n) is 8.50. The Hall–Kier alpha value is -2.66. The Kier molecular flexibility index (Phi) is 4.47.